The summed E-state index contributed by atoms with van der Waals surface area (Å²) in [6, 6.07) is 28.5. The van der Waals surface area contributed by atoms with Gasteiger partial charge in [-0.1, -0.05) is 97.1 Å². The van der Waals surface area contributed by atoms with E-state index in [1.165, 1.54) is 17.0 Å². The molecule has 0 aromatic heterocycles. The van der Waals surface area contributed by atoms with E-state index in [-0.39, 0.29) is 29.8 Å². The van der Waals surface area contributed by atoms with Gasteiger partial charge in [0.1, 0.15) is 12.6 Å². The summed E-state index contributed by atoms with van der Waals surface area (Å²) in [6.07, 6.45) is 5.11. The molecule has 0 aliphatic heterocycles. The summed E-state index contributed by atoms with van der Waals surface area (Å²) in [4.78, 5) is 30.4. The molecule has 1 fully saturated rings. The molecular weight excluding hydrogens is 768 g/mol. The average molecular weight is 805 g/mol. The summed E-state index contributed by atoms with van der Waals surface area (Å²) in [5, 5.41) is 3.89. The summed E-state index contributed by atoms with van der Waals surface area (Å²) < 4.78 is 30.3. The van der Waals surface area contributed by atoms with Gasteiger partial charge in [-0.25, -0.2) is 8.42 Å². The van der Waals surface area contributed by atoms with Gasteiger partial charge in [-0.2, -0.15) is 0 Å². The van der Waals surface area contributed by atoms with Crippen LogP contribution in [-0.4, -0.2) is 43.8 Å². The van der Waals surface area contributed by atoms with E-state index in [4.69, 9.17) is 23.2 Å². The van der Waals surface area contributed by atoms with Crippen molar-refractivity contribution in [3.05, 3.63) is 128 Å². The summed E-state index contributed by atoms with van der Waals surface area (Å²) in [7, 11) is -4.18. The normalized spacial score (nSPS) is 14.3. The maximum absolute atomic E-state index is 14.7. The van der Waals surface area contributed by atoms with Crippen molar-refractivity contribution >= 4 is 73.3 Å². The van der Waals surface area contributed by atoms with Crippen molar-refractivity contribution in [3.63, 3.8) is 0 Å². The molecular formula is C36H36Cl2IN3O4S. The zero-order valence-corrected chi connectivity index (χ0v) is 30.2. The first-order chi connectivity index (χ1) is 22.6. The molecule has 47 heavy (non-hydrogen) atoms. The highest BCUT2D eigenvalue weighted by Crippen LogP contribution is 2.29. The van der Waals surface area contributed by atoms with Gasteiger partial charge < -0.3 is 10.2 Å². The molecule has 5 rings (SSSR count). The Kier molecular flexibility index (Phi) is 12.2. The fourth-order valence-corrected chi connectivity index (χ4v) is 8.12. The lowest BCUT2D eigenvalue weighted by Gasteiger charge is -2.35. The number of nitrogens with one attached hydrogen (secondary N) is 1. The van der Waals surface area contributed by atoms with Crippen LogP contribution in [0.5, 0.6) is 0 Å². The molecule has 246 valence electrons. The maximum atomic E-state index is 14.7. The number of hydrogen-bond donors (Lipinski definition) is 1. The Labute approximate surface area is 300 Å². The SMILES string of the molecule is O=C(NC1CCCCC1)[C@H](Cc1ccccc1)N(Cc1c(Cl)cccc1Cl)C(=O)CN(c1ccc(I)cc1)S(=O)(=O)c1ccccc1. The number of anilines is 1. The van der Waals surface area contributed by atoms with Crippen LogP contribution >= 0.6 is 45.8 Å². The largest absolute Gasteiger partial charge is 0.352 e. The van der Waals surface area contributed by atoms with Gasteiger partial charge >= 0.3 is 0 Å². The monoisotopic (exact) mass is 803 g/mol. The molecule has 2 amide bonds. The molecule has 1 aliphatic carbocycles. The average Bonchev–Trinajstić information content (AvgIpc) is 3.08. The molecule has 0 radical (unpaired) electrons. The molecule has 4 aromatic rings. The van der Waals surface area contributed by atoms with E-state index in [0.29, 0.717) is 21.3 Å². The van der Waals surface area contributed by atoms with Crippen molar-refractivity contribution in [2.75, 3.05) is 10.8 Å². The summed E-state index contributed by atoms with van der Waals surface area (Å²) in [5.74, 6) is -0.872. The Morgan fingerprint density at radius 2 is 1.40 bits per heavy atom. The smallest absolute Gasteiger partial charge is 0.264 e. The Morgan fingerprint density at radius 1 is 0.809 bits per heavy atom. The summed E-state index contributed by atoms with van der Waals surface area (Å²) in [6.45, 7) is -0.652. The third-order valence-electron chi connectivity index (χ3n) is 8.34. The van der Waals surface area contributed by atoms with Crippen molar-refractivity contribution in [2.45, 2.75) is 62.0 Å². The van der Waals surface area contributed by atoms with Crippen molar-refractivity contribution in [2.24, 2.45) is 0 Å². The minimum atomic E-state index is -4.18. The minimum absolute atomic E-state index is 0.00266. The van der Waals surface area contributed by atoms with Crippen molar-refractivity contribution < 1.29 is 18.0 Å². The fourth-order valence-electron chi connectivity index (χ4n) is 5.81. The van der Waals surface area contributed by atoms with Crippen LogP contribution in [0, 0.1) is 3.57 Å². The topological polar surface area (TPSA) is 86.8 Å². The Bertz CT molecular complexity index is 1750. The molecule has 1 aliphatic rings. The second-order valence-electron chi connectivity index (χ2n) is 11.6. The van der Waals surface area contributed by atoms with E-state index < -0.39 is 28.5 Å². The molecule has 0 spiro atoms. The van der Waals surface area contributed by atoms with Crippen LogP contribution < -0.4 is 9.62 Å². The number of benzene rings is 4. The molecule has 11 heteroatoms. The molecule has 1 saturated carbocycles. The predicted molar refractivity (Wildman–Crippen MR) is 196 cm³/mol. The van der Waals surface area contributed by atoms with Crippen LogP contribution in [0.15, 0.2) is 108 Å². The van der Waals surface area contributed by atoms with Gasteiger partial charge in [0, 0.05) is 38.2 Å². The van der Waals surface area contributed by atoms with E-state index in [0.717, 1.165) is 45.5 Å². The number of nitrogens with zero attached hydrogens (tertiary/aromatic N) is 2. The zero-order chi connectivity index (χ0) is 33.4. The highest BCUT2D eigenvalue weighted by atomic mass is 127. The molecule has 0 saturated heterocycles. The van der Waals surface area contributed by atoms with E-state index in [1.807, 2.05) is 30.3 Å². The first-order valence-corrected chi connectivity index (χ1v) is 18.8. The highest BCUT2D eigenvalue weighted by Gasteiger charge is 2.36. The van der Waals surface area contributed by atoms with Gasteiger partial charge in [-0.05, 0) is 89.5 Å². The van der Waals surface area contributed by atoms with Crippen molar-refractivity contribution in [1.82, 2.24) is 10.2 Å². The summed E-state index contributed by atoms with van der Waals surface area (Å²) >= 11 is 15.4. The third-order valence-corrected chi connectivity index (χ3v) is 11.6. The van der Waals surface area contributed by atoms with Crippen LogP contribution in [0.4, 0.5) is 5.69 Å². The number of carbonyl (C=O) groups is 2. The fraction of sp³-hybridized carbons (Fsp3) is 0.278. The Hall–Kier alpha value is -3.12. The minimum Gasteiger partial charge on any atom is -0.352 e. The number of hydrogen-bond acceptors (Lipinski definition) is 4. The molecule has 0 unspecified atom stereocenters. The Balaban J connectivity index is 1.58. The van der Waals surface area contributed by atoms with Gasteiger partial charge in [0.2, 0.25) is 11.8 Å². The number of sulfonamides is 1. The number of amides is 2. The van der Waals surface area contributed by atoms with Crippen LogP contribution in [0.3, 0.4) is 0 Å². The third kappa shape index (κ3) is 9.07. The predicted octanol–water partition coefficient (Wildman–Crippen LogP) is 7.88. The van der Waals surface area contributed by atoms with Crippen LogP contribution in [0.1, 0.15) is 43.2 Å². The quantitative estimate of drug-likeness (QED) is 0.148. The highest BCUT2D eigenvalue weighted by molar-refractivity contribution is 14.1. The van der Waals surface area contributed by atoms with Crippen molar-refractivity contribution in [3.8, 4) is 0 Å². The van der Waals surface area contributed by atoms with Crippen LogP contribution in [-0.2, 0) is 32.6 Å². The molecule has 0 heterocycles. The van der Waals surface area contributed by atoms with E-state index in [1.54, 1.807) is 60.7 Å². The summed E-state index contributed by atoms with van der Waals surface area (Å²) in [5.41, 5.74) is 1.65. The van der Waals surface area contributed by atoms with Crippen LogP contribution in [0.25, 0.3) is 0 Å². The number of halogens is 3. The maximum Gasteiger partial charge on any atom is 0.264 e. The van der Waals surface area contributed by atoms with E-state index >= 15 is 0 Å². The zero-order valence-electron chi connectivity index (χ0n) is 25.7. The van der Waals surface area contributed by atoms with Gasteiger partial charge in [-0.3, -0.25) is 13.9 Å². The molecule has 0 bridgehead atoms. The van der Waals surface area contributed by atoms with Gasteiger partial charge in [0.15, 0.2) is 0 Å². The number of rotatable bonds is 12. The second kappa shape index (κ2) is 16.3. The lowest BCUT2D eigenvalue weighted by atomic mass is 9.94. The number of carbonyl (C=O) groups excluding carboxylic acids is 2. The van der Waals surface area contributed by atoms with Crippen molar-refractivity contribution in [1.29, 1.82) is 0 Å². The molecule has 1 atom stereocenters. The lowest BCUT2D eigenvalue weighted by Crippen LogP contribution is -2.55. The van der Waals surface area contributed by atoms with Gasteiger partial charge in [0.05, 0.1) is 10.6 Å². The lowest BCUT2D eigenvalue weighted by molar-refractivity contribution is -0.140. The van der Waals surface area contributed by atoms with Gasteiger partial charge in [0.25, 0.3) is 10.0 Å². The Morgan fingerprint density at radius 3 is 2.02 bits per heavy atom. The van der Waals surface area contributed by atoms with Gasteiger partial charge in [-0.15, -0.1) is 0 Å². The second-order valence-corrected chi connectivity index (χ2v) is 15.5. The first-order valence-electron chi connectivity index (χ1n) is 15.5. The molecule has 1 N–H and O–H groups in total. The first kappa shape index (κ1) is 35.2. The molecule has 4 aromatic carbocycles. The molecule has 7 nitrogen and oxygen atoms in total. The van der Waals surface area contributed by atoms with Crippen LogP contribution in [0.2, 0.25) is 10.0 Å². The van der Waals surface area contributed by atoms with E-state index in [9.17, 15) is 18.0 Å². The van der Waals surface area contributed by atoms with E-state index in [2.05, 4.69) is 27.9 Å². The standard InChI is InChI=1S/C36H36Cl2IN3O4S/c37-32-17-10-18-33(38)31(32)24-41(34(23-26-11-4-1-5-12-26)36(44)40-28-13-6-2-7-14-28)35(43)25-42(29-21-19-27(39)20-22-29)47(45,46)30-15-8-3-9-16-30/h1,3-5,8-12,15-22,28,34H,2,6-7,13-14,23-25H2,(H,40,44)/t34-/m0/s1.